The van der Waals surface area contributed by atoms with Gasteiger partial charge in [-0.15, -0.1) is 0 Å². The quantitative estimate of drug-likeness (QED) is 0.808. The van der Waals surface area contributed by atoms with Crippen molar-refractivity contribution in [2.24, 2.45) is 5.41 Å². The molecule has 1 aromatic carbocycles. The number of amides is 1. The number of carbonyl (C=O) groups excluding carboxylic acids is 1. The second kappa shape index (κ2) is 8.30. The lowest BCUT2D eigenvalue weighted by atomic mass is 9.77. The van der Waals surface area contributed by atoms with Crippen LogP contribution in [0.2, 0.25) is 0 Å². The van der Waals surface area contributed by atoms with E-state index in [1.807, 2.05) is 18.2 Å². The Bertz CT molecular complexity index is 447. The molecule has 1 heterocycles. The molecule has 4 nitrogen and oxygen atoms in total. The lowest BCUT2D eigenvalue weighted by Gasteiger charge is -2.39. The maximum atomic E-state index is 12.0. The third-order valence-electron chi connectivity index (χ3n) is 4.95. The van der Waals surface area contributed by atoms with Gasteiger partial charge in [-0.1, -0.05) is 37.3 Å². The fourth-order valence-corrected chi connectivity index (χ4v) is 3.06. The zero-order valence-electron chi connectivity index (χ0n) is 13.6. The van der Waals surface area contributed by atoms with Crippen LogP contribution in [-0.4, -0.2) is 48.7 Å². The highest BCUT2D eigenvalue weighted by Gasteiger charge is 2.32. The van der Waals surface area contributed by atoms with E-state index in [1.54, 1.807) is 0 Å². The highest BCUT2D eigenvalue weighted by Crippen LogP contribution is 2.33. The Morgan fingerprint density at radius 3 is 2.55 bits per heavy atom. The molecule has 2 N–H and O–H groups in total. The van der Waals surface area contributed by atoms with Crippen molar-refractivity contribution < 1.29 is 9.90 Å². The molecule has 0 aromatic heterocycles. The Morgan fingerprint density at radius 2 is 1.95 bits per heavy atom. The summed E-state index contributed by atoms with van der Waals surface area (Å²) in [6.07, 6.45) is 3.85. The number of hydrogen-bond donors (Lipinski definition) is 2. The molecule has 22 heavy (non-hydrogen) atoms. The second-order valence-electron chi connectivity index (χ2n) is 6.37. The van der Waals surface area contributed by atoms with Crippen molar-refractivity contribution >= 4 is 5.91 Å². The van der Waals surface area contributed by atoms with E-state index in [4.69, 9.17) is 0 Å². The van der Waals surface area contributed by atoms with Gasteiger partial charge in [0, 0.05) is 13.2 Å². The van der Waals surface area contributed by atoms with Gasteiger partial charge in [-0.25, -0.2) is 0 Å². The molecule has 1 fully saturated rings. The SMILES string of the molecule is CCC1(CO)CCN(CC(=O)NCCc2ccccc2)CC1. The van der Waals surface area contributed by atoms with Crippen LogP contribution in [0.4, 0.5) is 0 Å². The van der Waals surface area contributed by atoms with Gasteiger partial charge >= 0.3 is 0 Å². The van der Waals surface area contributed by atoms with Gasteiger partial charge in [-0.05, 0) is 49.8 Å². The fourth-order valence-electron chi connectivity index (χ4n) is 3.06. The molecule has 1 amide bonds. The van der Waals surface area contributed by atoms with E-state index in [-0.39, 0.29) is 17.9 Å². The molecule has 0 radical (unpaired) electrons. The van der Waals surface area contributed by atoms with Crippen LogP contribution < -0.4 is 5.32 Å². The Morgan fingerprint density at radius 1 is 1.27 bits per heavy atom. The number of nitrogens with one attached hydrogen (secondary N) is 1. The molecule has 1 aliphatic rings. The molecular weight excluding hydrogens is 276 g/mol. The Labute approximate surface area is 133 Å². The molecule has 0 aliphatic carbocycles. The number of nitrogens with zero attached hydrogens (tertiary/aromatic N) is 1. The first kappa shape index (κ1) is 17.0. The van der Waals surface area contributed by atoms with Crippen LogP contribution >= 0.6 is 0 Å². The first-order valence-corrected chi connectivity index (χ1v) is 8.31. The van der Waals surface area contributed by atoms with Gasteiger partial charge < -0.3 is 10.4 Å². The number of piperidine rings is 1. The summed E-state index contributed by atoms with van der Waals surface area (Å²) in [5, 5.41) is 12.5. The molecule has 1 saturated heterocycles. The number of benzene rings is 1. The maximum absolute atomic E-state index is 12.0. The van der Waals surface area contributed by atoms with Gasteiger partial charge in [0.15, 0.2) is 0 Å². The standard InChI is InChI=1S/C18H28N2O2/c1-2-18(15-21)9-12-20(13-10-18)14-17(22)19-11-8-16-6-4-3-5-7-16/h3-7,21H,2,8-15H2,1H3,(H,19,22). The first-order valence-electron chi connectivity index (χ1n) is 8.31. The van der Waals surface area contributed by atoms with Gasteiger partial charge in [0.2, 0.25) is 5.91 Å². The van der Waals surface area contributed by atoms with Crippen molar-refractivity contribution in [1.82, 2.24) is 10.2 Å². The summed E-state index contributed by atoms with van der Waals surface area (Å²) in [4.78, 5) is 14.2. The van der Waals surface area contributed by atoms with Gasteiger partial charge in [-0.2, -0.15) is 0 Å². The van der Waals surface area contributed by atoms with Crippen LogP contribution in [0.5, 0.6) is 0 Å². The lowest BCUT2D eigenvalue weighted by Crippen LogP contribution is -2.46. The van der Waals surface area contributed by atoms with Crippen LogP contribution in [0, 0.1) is 5.41 Å². The fraction of sp³-hybridized carbons (Fsp3) is 0.611. The molecule has 0 atom stereocenters. The molecule has 0 bridgehead atoms. The van der Waals surface area contributed by atoms with Crippen LogP contribution in [0.1, 0.15) is 31.7 Å². The number of aliphatic hydroxyl groups is 1. The van der Waals surface area contributed by atoms with Gasteiger partial charge in [0.05, 0.1) is 6.54 Å². The summed E-state index contributed by atoms with van der Waals surface area (Å²) >= 11 is 0. The van der Waals surface area contributed by atoms with Crippen molar-refractivity contribution in [1.29, 1.82) is 0 Å². The smallest absolute Gasteiger partial charge is 0.234 e. The monoisotopic (exact) mass is 304 g/mol. The molecule has 4 heteroatoms. The van der Waals surface area contributed by atoms with E-state index in [9.17, 15) is 9.90 Å². The largest absolute Gasteiger partial charge is 0.396 e. The minimum absolute atomic E-state index is 0.0836. The van der Waals surface area contributed by atoms with Crippen LogP contribution in [-0.2, 0) is 11.2 Å². The third-order valence-corrected chi connectivity index (χ3v) is 4.95. The van der Waals surface area contributed by atoms with E-state index >= 15 is 0 Å². The minimum Gasteiger partial charge on any atom is -0.396 e. The van der Waals surface area contributed by atoms with E-state index in [0.29, 0.717) is 13.1 Å². The number of hydrogen-bond acceptors (Lipinski definition) is 3. The Hall–Kier alpha value is -1.39. The van der Waals surface area contributed by atoms with Crippen molar-refractivity contribution in [2.75, 3.05) is 32.8 Å². The van der Waals surface area contributed by atoms with E-state index < -0.39 is 0 Å². The molecule has 2 rings (SSSR count). The molecule has 0 spiro atoms. The topological polar surface area (TPSA) is 52.6 Å². The molecule has 0 saturated carbocycles. The normalized spacial score (nSPS) is 18.1. The average molecular weight is 304 g/mol. The lowest BCUT2D eigenvalue weighted by molar-refractivity contribution is -0.122. The summed E-state index contributed by atoms with van der Waals surface area (Å²) in [6, 6.07) is 10.2. The van der Waals surface area contributed by atoms with E-state index in [1.165, 1.54) is 5.56 Å². The van der Waals surface area contributed by atoms with Crippen molar-refractivity contribution in [2.45, 2.75) is 32.6 Å². The van der Waals surface area contributed by atoms with Crippen LogP contribution in [0.25, 0.3) is 0 Å². The highest BCUT2D eigenvalue weighted by atomic mass is 16.3. The summed E-state index contributed by atoms with van der Waals surface area (Å²) in [7, 11) is 0. The zero-order chi connectivity index (χ0) is 15.8. The number of aliphatic hydroxyl groups excluding tert-OH is 1. The highest BCUT2D eigenvalue weighted by molar-refractivity contribution is 5.78. The van der Waals surface area contributed by atoms with Crippen molar-refractivity contribution in [3.63, 3.8) is 0 Å². The summed E-state index contributed by atoms with van der Waals surface area (Å²) in [5.41, 5.74) is 1.33. The van der Waals surface area contributed by atoms with Crippen molar-refractivity contribution in [3.05, 3.63) is 35.9 Å². The molecular formula is C18H28N2O2. The predicted octanol–water partition coefficient (Wildman–Crippen LogP) is 1.83. The zero-order valence-corrected chi connectivity index (χ0v) is 13.6. The first-order chi connectivity index (χ1) is 10.7. The van der Waals surface area contributed by atoms with E-state index in [2.05, 4.69) is 29.3 Å². The second-order valence-corrected chi connectivity index (χ2v) is 6.37. The van der Waals surface area contributed by atoms with Gasteiger partial charge in [0.25, 0.3) is 0 Å². The summed E-state index contributed by atoms with van der Waals surface area (Å²) < 4.78 is 0. The molecule has 0 unspecified atom stereocenters. The van der Waals surface area contributed by atoms with Crippen LogP contribution in [0.15, 0.2) is 30.3 Å². The Kier molecular flexibility index (Phi) is 6.40. The van der Waals surface area contributed by atoms with E-state index in [0.717, 1.165) is 38.8 Å². The number of rotatable bonds is 7. The van der Waals surface area contributed by atoms with Gasteiger partial charge in [0.1, 0.15) is 0 Å². The minimum atomic E-state index is 0.0836. The van der Waals surface area contributed by atoms with Crippen molar-refractivity contribution in [3.8, 4) is 0 Å². The average Bonchev–Trinajstić information content (AvgIpc) is 2.57. The molecule has 1 aliphatic heterocycles. The summed E-state index contributed by atoms with van der Waals surface area (Å²) in [6.45, 7) is 5.37. The summed E-state index contributed by atoms with van der Waals surface area (Å²) in [5.74, 6) is 0.101. The number of carbonyl (C=O) groups is 1. The van der Waals surface area contributed by atoms with Crippen LogP contribution in [0.3, 0.4) is 0 Å². The predicted molar refractivity (Wildman–Crippen MR) is 88.6 cm³/mol. The maximum Gasteiger partial charge on any atom is 0.234 e. The molecule has 122 valence electrons. The third kappa shape index (κ3) is 4.82. The molecule has 1 aromatic rings. The number of likely N-dealkylation sites (tertiary alicyclic amines) is 1. The Balaban J connectivity index is 1.66. The van der Waals surface area contributed by atoms with Gasteiger partial charge in [-0.3, -0.25) is 9.69 Å².